The summed E-state index contributed by atoms with van der Waals surface area (Å²) < 4.78 is 0. The monoisotopic (exact) mass is 393 g/mol. The number of anilines is 1. The van der Waals surface area contributed by atoms with E-state index in [1.165, 1.54) is 6.42 Å². The Morgan fingerprint density at radius 1 is 1.03 bits per heavy atom. The molecule has 4 rings (SSSR count). The largest absolute Gasteiger partial charge is 0.383 e. The number of benzene rings is 1. The third-order valence-corrected chi connectivity index (χ3v) is 5.88. The fraction of sp³-hybridized carbons (Fsp3) is 0.409. The Bertz CT molecular complexity index is 909. The lowest BCUT2D eigenvalue weighted by Crippen LogP contribution is -2.46. The molecular formula is C22H27N5O2. The third kappa shape index (κ3) is 3.96. The first-order chi connectivity index (χ1) is 14.0. The van der Waals surface area contributed by atoms with Gasteiger partial charge in [0.1, 0.15) is 11.9 Å². The van der Waals surface area contributed by atoms with Gasteiger partial charge in [0.05, 0.1) is 5.56 Å². The Balaban J connectivity index is 1.62. The molecule has 1 aromatic heterocycles. The van der Waals surface area contributed by atoms with Crippen LogP contribution in [0.1, 0.15) is 52.5 Å². The molecule has 1 aromatic carbocycles. The van der Waals surface area contributed by atoms with E-state index in [-0.39, 0.29) is 23.3 Å². The van der Waals surface area contributed by atoms with Crippen molar-refractivity contribution in [2.24, 2.45) is 5.73 Å². The minimum absolute atomic E-state index is 0.0983. The Kier molecular flexibility index (Phi) is 5.49. The number of pyridine rings is 1. The quantitative estimate of drug-likeness (QED) is 0.825. The van der Waals surface area contributed by atoms with Crippen LogP contribution in [0.2, 0.25) is 0 Å². The lowest BCUT2D eigenvalue weighted by Gasteiger charge is -2.38. The number of carbonyl (C=O) groups is 2. The predicted molar refractivity (Wildman–Crippen MR) is 111 cm³/mol. The molecule has 7 nitrogen and oxygen atoms in total. The minimum atomic E-state index is -0.600. The smallest absolute Gasteiger partial charge is 0.252 e. The number of nitrogens with zero attached hydrogens (tertiary/aromatic N) is 3. The van der Waals surface area contributed by atoms with Crippen molar-refractivity contribution in [1.82, 2.24) is 14.8 Å². The number of carbonyl (C=O) groups excluding carboxylic acids is 2. The first-order valence-corrected chi connectivity index (χ1v) is 10.2. The highest BCUT2D eigenvalue weighted by atomic mass is 16.2. The molecule has 7 heteroatoms. The zero-order valence-electron chi connectivity index (χ0n) is 16.5. The summed E-state index contributed by atoms with van der Waals surface area (Å²) in [5.41, 5.74) is 14.2. The fourth-order valence-electron chi connectivity index (χ4n) is 4.37. The van der Waals surface area contributed by atoms with Crippen molar-refractivity contribution in [3.63, 3.8) is 0 Å². The van der Waals surface area contributed by atoms with E-state index in [4.69, 9.17) is 11.5 Å². The second kappa shape index (κ2) is 8.21. The lowest BCUT2D eigenvalue weighted by molar-refractivity contribution is -0.138. The molecule has 2 amide bonds. The predicted octanol–water partition coefficient (Wildman–Crippen LogP) is 1.87. The summed E-state index contributed by atoms with van der Waals surface area (Å²) in [4.78, 5) is 33.8. The van der Waals surface area contributed by atoms with Crippen LogP contribution in [0.5, 0.6) is 0 Å². The molecule has 0 spiro atoms. The molecule has 1 saturated heterocycles. The van der Waals surface area contributed by atoms with Crippen molar-refractivity contribution in [1.29, 1.82) is 0 Å². The second-order valence-electron chi connectivity index (χ2n) is 7.81. The summed E-state index contributed by atoms with van der Waals surface area (Å²) in [5.74, 6) is -0.343. The average molecular weight is 393 g/mol. The molecular weight excluding hydrogens is 366 g/mol. The molecule has 29 heavy (non-hydrogen) atoms. The van der Waals surface area contributed by atoms with Gasteiger partial charge in [-0.25, -0.2) is 4.98 Å². The maximum absolute atomic E-state index is 13.6. The Hall–Kier alpha value is -2.93. The van der Waals surface area contributed by atoms with Gasteiger partial charge in [0.25, 0.3) is 5.91 Å². The Morgan fingerprint density at radius 2 is 1.76 bits per heavy atom. The molecule has 2 aliphatic rings. The maximum atomic E-state index is 13.6. The first-order valence-electron chi connectivity index (χ1n) is 10.2. The van der Waals surface area contributed by atoms with E-state index in [1.54, 1.807) is 6.07 Å². The van der Waals surface area contributed by atoms with Crippen molar-refractivity contribution in [3.05, 3.63) is 58.8 Å². The molecule has 0 aliphatic carbocycles. The number of hydrogen-bond acceptors (Lipinski definition) is 5. The zero-order chi connectivity index (χ0) is 20.4. The Morgan fingerprint density at radius 3 is 2.45 bits per heavy atom. The molecule has 152 valence electrons. The van der Waals surface area contributed by atoms with Gasteiger partial charge in [-0.05, 0) is 43.1 Å². The number of amides is 2. The van der Waals surface area contributed by atoms with Crippen LogP contribution >= 0.6 is 0 Å². The highest BCUT2D eigenvalue weighted by Gasteiger charge is 2.34. The molecule has 0 radical (unpaired) electrons. The number of primary amides is 1. The molecule has 1 fully saturated rings. The summed E-state index contributed by atoms with van der Waals surface area (Å²) in [6, 6.07) is 11.4. The molecule has 1 unspecified atom stereocenters. The molecule has 4 N–H and O–H groups in total. The van der Waals surface area contributed by atoms with Crippen LogP contribution in [-0.2, 0) is 17.8 Å². The van der Waals surface area contributed by atoms with Gasteiger partial charge < -0.3 is 16.4 Å². The maximum Gasteiger partial charge on any atom is 0.252 e. The SMILES string of the molecule is NC(=O)c1cc2c(nc1N)CCN(C(=O)C(c1ccccc1)N1CCCCC1)C2. The standard InChI is InChI=1S/C22H27N5O2/c23-20-17(21(24)28)13-16-14-27(12-9-18(16)25-20)22(29)19(15-7-3-1-4-8-15)26-10-5-2-6-11-26/h1,3-4,7-8,13,19H,2,5-6,9-12,14H2,(H2,23,25)(H2,24,28). The number of likely N-dealkylation sites (tertiary alicyclic amines) is 1. The number of nitrogens with two attached hydrogens (primary N) is 2. The van der Waals surface area contributed by atoms with Crippen LogP contribution < -0.4 is 11.5 Å². The van der Waals surface area contributed by atoms with Gasteiger partial charge in [0.15, 0.2) is 0 Å². The van der Waals surface area contributed by atoms with Gasteiger partial charge in [-0.3, -0.25) is 14.5 Å². The molecule has 0 saturated carbocycles. The molecule has 3 heterocycles. The number of aromatic nitrogens is 1. The van der Waals surface area contributed by atoms with E-state index in [0.717, 1.165) is 42.8 Å². The molecule has 0 bridgehead atoms. The van der Waals surface area contributed by atoms with Crippen LogP contribution in [0.25, 0.3) is 0 Å². The van der Waals surface area contributed by atoms with Crippen molar-refractivity contribution < 1.29 is 9.59 Å². The van der Waals surface area contributed by atoms with Crippen LogP contribution in [-0.4, -0.2) is 46.2 Å². The van der Waals surface area contributed by atoms with E-state index in [2.05, 4.69) is 9.88 Å². The topological polar surface area (TPSA) is 106 Å². The van der Waals surface area contributed by atoms with E-state index in [1.807, 2.05) is 35.2 Å². The zero-order valence-corrected chi connectivity index (χ0v) is 16.5. The first kappa shape index (κ1) is 19.4. The van der Waals surface area contributed by atoms with Crippen molar-refractivity contribution >= 4 is 17.6 Å². The average Bonchev–Trinajstić information content (AvgIpc) is 2.74. The summed E-state index contributed by atoms with van der Waals surface area (Å²) >= 11 is 0. The van der Waals surface area contributed by atoms with Gasteiger partial charge in [-0.1, -0.05) is 36.8 Å². The van der Waals surface area contributed by atoms with E-state index < -0.39 is 5.91 Å². The summed E-state index contributed by atoms with van der Waals surface area (Å²) in [6.45, 7) is 2.86. The van der Waals surface area contributed by atoms with Crippen molar-refractivity contribution in [3.8, 4) is 0 Å². The second-order valence-corrected chi connectivity index (χ2v) is 7.81. The van der Waals surface area contributed by atoms with Gasteiger partial charge in [-0.2, -0.15) is 0 Å². The summed E-state index contributed by atoms with van der Waals surface area (Å²) in [6.07, 6.45) is 4.06. The number of fused-ring (bicyclic) bond motifs is 1. The molecule has 2 aliphatic heterocycles. The van der Waals surface area contributed by atoms with Crippen LogP contribution in [0.4, 0.5) is 5.82 Å². The van der Waals surface area contributed by atoms with E-state index in [0.29, 0.717) is 19.5 Å². The van der Waals surface area contributed by atoms with Gasteiger partial charge in [-0.15, -0.1) is 0 Å². The Labute approximate surface area is 170 Å². The summed E-state index contributed by atoms with van der Waals surface area (Å²) in [5, 5.41) is 0. The van der Waals surface area contributed by atoms with Crippen LogP contribution in [0.3, 0.4) is 0 Å². The number of hydrogen-bond donors (Lipinski definition) is 2. The van der Waals surface area contributed by atoms with Crippen molar-refractivity contribution in [2.75, 3.05) is 25.4 Å². The van der Waals surface area contributed by atoms with Crippen LogP contribution in [0.15, 0.2) is 36.4 Å². The normalized spacial score (nSPS) is 18.1. The van der Waals surface area contributed by atoms with E-state index in [9.17, 15) is 9.59 Å². The number of rotatable bonds is 4. The molecule has 2 aromatic rings. The summed E-state index contributed by atoms with van der Waals surface area (Å²) in [7, 11) is 0. The lowest BCUT2D eigenvalue weighted by atomic mass is 9.98. The highest BCUT2D eigenvalue weighted by Crippen LogP contribution is 2.29. The van der Waals surface area contributed by atoms with E-state index >= 15 is 0 Å². The highest BCUT2D eigenvalue weighted by molar-refractivity contribution is 5.97. The fourth-order valence-corrected chi connectivity index (χ4v) is 4.37. The number of piperidine rings is 1. The van der Waals surface area contributed by atoms with Crippen LogP contribution in [0, 0.1) is 0 Å². The van der Waals surface area contributed by atoms with Gasteiger partial charge >= 0.3 is 0 Å². The van der Waals surface area contributed by atoms with Gasteiger partial charge in [0.2, 0.25) is 5.91 Å². The van der Waals surface area contributed by atoms with Crippen molar-refractivity contribution in [2.45, 2.75) is 38.3 Å². The van der Waals surface area contributed by atoms with Gasteiger partial charge in [0, 0.05) is 25.2 Å². The molecule has 1 atom stereocenters. The number of nitrogen functional groups attached to an aromatic ring is 1. The minimum Gasteiger partial charge on any atom is -0.383 e. The third-order valence-electron chi connectivity index (χ3n) is 5.88.